The molecule has 16 heavy (non-hydrogen) atoms. The topological polar surface area (TPSA) is 92.4 Å². The molecular formula is C10H20N2O3S. The third-order valence-electron chi connectivity index (χ3n) is 2.48. The number of rotatable bonds is 7. The molecule has 0 spiro atoms. The summed E-state index contributed by atoms with van der Waals surface area (Å²) in [5.74, 6) is -1.01. The Balaban J connectivity index is 4.07. The van der Waals surface area contributed by atoms with Gasteiger partial charge in [-0.3, -0.25) is 9.59 Å². The predicted octanol–water partition coefficient (Wildman–Crippen LogP) is 0.292. The van der Waals surface area contributed by atoms with Crippen molar-refractivity contribution in [3.05, 3.63) is 0 Å². The Kier molecular flexibility index (Phi) is 7.16. The van der Waals surface area contributed by atoms with Crippen LogP contribution in [0.25, 0.3) is 0 Å². The van der Waals surface area contributed by atoms with Gasteiger partial charge >= 0.3 is 5.97 Å². The summed E-state index contributed by atoms with van der Waals surface area (Å²) in [6, 6.07) is -0.971. The van der Waals surface area contributed by atoms with Gasteiger partial charge in [0, 0.05) is 6.04 Å². The van der Waals surface area contributed by atoms with Gasteiger partial charge in [0.2, 0.25) is 5.91 Å². The quantitative estimate of drug-likeness (QED) is 0.602. The lowest BCUT2D eigenvalue weighted by Crippen LogP contribution is -2.47. The molecule has 6 heteroatoms. The van der Waals surface area contributed by atoms with Gasteiger partial charge in [-0.05, 0) is 32.3 Å². The van der Waals surface area contributed by atoms with E-state index >= 15 is 0 Å². The van der Waals surface area contributed by atoms with E-state index in [2.05, 4.69) is 5.32 Å². The molecule has 94 valence electrons. The molecule has 0 aliphatic rings. The number of hydrogen-bond acceptors (Lipinski definition) is 4. The molecule has 0 aliphatic carbocycles. The highest BCUT2D eigenvalue weighted by Gasteiger charge is 2.23. The average molecular weight is 248 g/mol. The van der Waals surface area contributed by atoms with Crippen LogP contribution in [0, 0.1) is 5.92 Å². The normalized spacial score (nSPS) is 16.2. The van der Waals surface area contributed by atoms with Gasteiger partial charge in [0.1, 0.15) is 0 Å². The Morgan fingerprint density at radius 1 is 1.44 bits per heavy atom. The van der Waals surface area contributed by atoms with Gasteiger partial charge in [0.15, 0.2) is 0 Å². The molecule has 0 saturated heterocycles. The highest BCUT2D eigenvalue weighted by molar-refractivity contribution is 7.98. The van der Waals surface area contributed by atoms with Gasteiger partial charge in [-0.25, -0.2) is 0 Å². The number of nitrogens with one attached hydrogen (secondary N) is 1. The first-order chi connectivity index (χ1) is 7.40. The van der Waals surface area contributed by atoms with E-state index in [0.29, 0.717) is 6.42 Å². The maximum absolute atomic E-state index is 11.5. The molecule has 5 nitrogen and oxygen atoms in total. The van der Waals surface area contributed by atoms with E-state index in [1.54, 1.807) is 25.6 Å². The molecule has 0 rings (SSSR count). The van der Waals surface area contributed by atoms with Crippen molar-refractivity contribution >= 4 is 23.6 Å². The van der Waals surface area contributed by atoms with Crippen LogP contribution in [-0.2, 0) is 9.59 Å². The van der Waals surface area contributed by atoms with Crippen LogP contribution in [-0.4, -0.2) is 41.1 Å². The fourth-order valence-electron chi connectivity index (χ4n) is 1.05. The van der Waals surface area contributed by atoms with Gasteiger partial charge in [-0.15, -0.1) is 0 Å². The molecule has 0 aromatic carbocycles. The van der Waals surface area contributed by atoms with Crippen molar-refractivity contribution in [1.82, 2.24) is 5.32 Å². The zero-order valence-corrected chi connectivity index (χ0v) is 10.7. The smallest absolute Gasteiger partial charge is 0.308 e. The molecule has 3 atom stereocenters. The highest BCUT2D eigenvalue weighted by atomic mass is 32.2. The summed E-state index contributed by atoms with van der Waals surface area (Å²) in [7, 11) is 0. The van der Waals surface area contributed by atoms with Crippen molar-refractivity contribution in [2.75, 3.05) is 12.0 Å². The first-order valence-corrected chi connectivity index (χ1v) is 6.57. The zero-order valence-electron chi connectivity index (χ0n) is 9.90. The van der Waals surface area contributed by atoms with Crippen molar-refractivity contribution in [3.63, 3.8) is 0 Å². The van der Waals surface area contributed by atoms with Crippen LogP contribution < -0.4 is 11.1 Å². The van der Waals surface area contributed by atoms with E-state index in [0.717, 1.165) is 5.75 Å². The number of carbonyl (C=O) groups excluding carboxylic acids is 1. The number of nitrogens with two attached hydrogens (primary N) is 1. The Bertz CT molecular complexity index is 248. The number of carboxylic acid groups (broad SMARTS) is 1. The summed E-state index contributed by atoms with van der Waals surface area (Å²) < 4.78 is 0. The average Bonchev–Trinajstić information content (AvgIpc) is 2.24. The van der Waals surface area contributed by atoms with Gasteiger partial charge in [0.05, 0.1) is 12.0 Å². The number of thioether (sulfide) groups is 1. The van der Waals surface area contributed by atoms with Crippen molar-refractivity contribution < 1.29 is 14.7 Å². The molecule has 0 saturated carbocycles. The first kappa shape index (κ1) is 15.2. The summed E-state index contributed by atoms with van der Waals surface area (Å²) in [4.78, 5) is 22.2. The number of carboxylic acids is 1. The highest BCUT2D eigenvalue weighted by Crippen LogP contribution is 2.04. The van der Waals surface area contributed by atoms with Crippen molar-refractivity contribution in [2.45, 2.75) is 32.4 Å². The van der Waals surface area contributed by atoms with Crippen LogP contribution in [0.3, 0.4) is 0 Å². The summed E-state index contributed by atoms with van der Waals surface area (Å²) >= 11 is 1.62. The Morgan fingerprint density at radius 2 is 2.00 bits per heavy atom. The standard InChI is InChI=1S/C10H20N2O3S/c1-6(10(14)15)7(2)12-9(13)8(11)4-5-16-3/h6-8H,4-5,11H2,1-3H3,(H,12,13)(H,14,15)/t6?,7?,8-/m1/s1. The van der Waals surface area contributed by atoms with Crippen LogP contribution in [0.15, 0.2) is 0 Å². The minimum Gasteiger partial charge on any atom is -0.481 e. The summed E-state index contributed by atoms with van der Waals surface area (Å²) in [6.45, 7) is 3.22. The van der Waals surface area contributed by atoms with Gasteiger partial charge < -0.3 is 16.2 Å². The molecule has 0 aliphatic heterocycles. The molecule has 0 radical (unpaired) electrons. The Morgan fingerprint density at radius 3 is 2.44 bits per heavy atom. The molecule has 2 unspecified atom stereocenters. The number of carbonyl (C=O) groups is 2. The number of aliphatic carboxylic acids is 1. The van der Waals surface area contributed by atoms with Crippen LogP contribution in [0.2, 0.25) is 0 Å². The van der Waals surface area contributed by atoms with E-state index in [-0.39, 0.29) is 5.91 Å². The summed E-state index contributed by atoms with van der Waals surface area (Å²) in [5, 5.41) is 11.4. The summed E-state index contributed by atoms with van der Waals surface area (Å²) in [5.41, 5.74) is 5.66. The van der Waals surface area contributed by atoms with Gasteiger partial charge in [0.25, 0.3) is 0 Å². The van der Waals surface area contributed by atoms with Crippen LogP contribution >= 0.6 is 11.8 Å². The van der Waals surface area contributed by atoms with Crippen molar-refractivity contribution in [1.29, 1.82) is 0 Å². The van der Waals surface area contributed by atoms with Crippen LogP contribution in [0.5, 0.6) is 0 Å². The second kappa shape index (κ2) is 7.51. The van der Waals surface area contributed by atoms with Gasteiger partial charge in [-0.2, -0.15) is 11.8 Å². The lowest BCUT2D eigenvalue weighted by atomic mass is 10.0. The lowest BCUT2D eigenvalue weighted by Gasteiger charge is -2.20. The third-order valence-corrected chi connectivity index (χ3v) is 3.12. The van der Waals surface area contributed by atoms with Gasteiger partial charge in [-0.1, -0.05) is 0 Å². The Hall–Kier alpha value is -0.750. The largest absolute Gasteiger partial charge is 0.481 e. The predicted molar refractivity (Wildman–Crippen MR) is 65.4 cm³/mol. The molecule has 0 aromatic rings. The van der Waals surface area contributed by atoms with E-state index in [4.69, 9.17) is 10.8 Å². The second-order valence-corrected chi connectivity index (χ2v) is 4.80. The van der Waals surface area contributed by atoms with E-state index in [9.17, 15) is 9.59 Å². The van der Waals surface area contributed by atoms with Crippen molar-refractivity contribution in [3.8, 4) is 0 Å². The molecule has 0 aromatic heterocycles. The van der Waals surface area contributed by atoms with Crippen LogP contribution in [0.4, 0.5) is 0 Å². The second-order valence-electron chi connectivity index (χ2n) is 3.81. The molecular weight excluding hydrogens is 228 g/mol. The maximum atomic E-state index is 11.5. The zero-order chi connectivity index (χ0) is 12.7. The minimum absolute atomic E-state index is 0.283. The molecule has 1 amide bonds. The fourth-order valence-corrected chi connectivity index (χ4v) is 1.54. The Labute approximate surface area is 100 Å². The first-order valence-electron chi connectivity index (χ1n) is 5.17. The number of hydrogen-bond donors (Lipinski definition) is 3. The van der Waals surface area contributed by atoms with Crippen LogP contribution in [0.1, 0.15) is 20.3 Å². The van der Waals surface area contributed by atoms with Crippen molar-refractivity contribution in [2.24, 2.45) is 11.7 Å². The SMILES string of the molecule is CSCC[C@@H](N)C(=O)NC(C)C(C)C(=O)O. The lowest BCUT2D eigenvalue weighted by molar-refractivity contribution is -0.142. The maximum Gasteiger partial charge on any atom is 0.308 e. The molecule has 0 bridgehead atoms. The van der Waals surface area contributed by atoms with E-state index in [1.807, 2.05) is 6.26 Å². The van der Waals surface area contributed by atoms with E-state index < -0.39 is 24.0 Å². The third kappa shape index (κ3) is 5.37. The molecule has 4 N–H and O–H groups in total. The minimum atomic E-state index is -0.925. The molecule has 0 heterocycles. The monoisotopic (exact) mass is 248 g/mol. The number of amides is 1. The molecule has 0 fully saturated rings. The summed E-state index contributed by atoms with van der Waals surface area (Å²) in [6.07, 6.45) is 2.54. The van der Waals surface area contributed by atoms with E-state index in [1.165, 1.54) is 0 Å². The fraction of sp³-hybridized carbons (Fsp3) is 0.800.